The normalized spacial score (nSPS) is 17.9. The van der Waals surface area contributed by atoms with Crippen molar-refractivity contribution in [2.75, 3.05) is 14.2 Å². The number of hydrogen-bond donors (Lipinski definition) is 1. The van der Waals surface area contributed by atoms with Crippen molar-refractivity contribution < 1.29 is 24.2 Å². The third kappa shape index (κ3) is 3.73. The van der Waals surface area contributed by atoms with E-state index in [1.165, 1.54) is 36.9 Å². The molecule has 3 heterocycles. The van der Waals surface area contributed by atoms with Crippen molar-refractivity contribution in [3.8, 4) is 11.5 Å². The predicted octanol–water partition coefficient (Wildman–Crippen LogP) is 4.76. The molecule has 8 heteroatoms. The van der Waals surface area contributed by atoms with Crippen LogP contribution in [0.4, 0.5) is 0 Å². The summed E-state index contributed by atoms with van der Waals surface area (Å²) in [7, 11) is 3.02. The second kappa shape index (κ2) is 8.56. The molecule has 0 bridgehead atoms. The average molecular weight is 456 g/mol. The molecule has 0 aliphatic carbocycles. The molecule has 0 saturated carbocycles. The smallest absolute Gasteiger partial charge is 0.296 e. The minimum atomic E-state index is -0.693. The van der Waals surface area contributed by atoms with Crippen LogP contribution in [0.25, 0.3) is 5.76 Å². The van der Waals surface area contributed by atoms with E-state index in [1.54, 1.807) is 23.1 Å². The van der Waals surface area contributed by atoms with Crippen molar-refractivity contribution in [3.05, 3.63) is 73.6 Å². The summed E-state index contributed by atoms with van der Waals surface area (Å²) in [5, 5.41) is 15.0. The maximum Gasteiger partial charge on any atom is 0.296 e. The molecule has 2 aromatic heterocycles. The highest BCUT2D eigenvalue weighted by atomic mass is 32.1. The number of rotatable bonds is 6. The number of ether oxygens (including phenoxy) is 2. The number of amides is 1. The summed E-state index contributed by atoms with van der Waals surface area (Å²) in [4.78, 5) is 29.5. The maximum absolute atomic E-state index is 13.1. The lowest BCUT2D eigenvalue weighted by Gasteiger charge is -2.24. The number of benzene rings is 1. The fourth-order valence-electron chi connectivity index (χ4n) is 3.69. The van der Waals surface area contributed by atoms with Crippen LogP contribution in [-0.4, -0.2) is 35.9 Å². The molecule has 1 unspecified atom stereocenters. The molecule has 0 radical (unpaired) electrons. The maximum atomic E-state index is 13.1. The van der Waals surface area contributed by atoms with Gasteiger partial charge in [0, 0.05) is 15.3 Å². The number of ketones is 1. The first-order chi connectivity index (χ1) is 15.0. The Morgan fingerprint density at radius 1 is 1.06 bits per heavy atom. The highest BCUT2D eigenvalue weighted by Crippen LogP contribution is 2.44. The molecule has 1 N–H and O–H groups in total. The van der Waals surface area contributed by atoms with Crippen LogP contribution in [0.1, 0.15) is 26.9 Å². The molecular formula is C23H21NO5S2. The Balaban J connectivity index is 1.87. The fourth-order valence-corrected chi connectivity index (χ4v) is 5.44. The molecule has 1 fully saturated rings. The van der Waals surface area contributed by atoms with E-state index in [-0.39, 0.29) is 11.3 Å². The third-order valence-corrected chi connectivity index (χ3v) is 7.19. The number of likely N-dealkylation sites (tertiary alicyclic amines) is 1. The van der Waals surface area contributed by atoms with Crippen LogP contribution >= 0.6 is 22.7 Å². The standard InChI is InChI=1S/C23H21NO5S2/c1-13-8-10-31-22(13)19-18(20(25)14-6-7-16(28-2)17(11-14)29-3)21(26)23(27)24(19)12-15-5-4-9-30-15/h4-11,19,25H,12H2,1-3H3/b20-18-. The topological polar surface area (TPSA) is 76.1 Å². The number of aryl methyl sites for hydroxylation is 1. The summed E-state index contributed by atoms with van der Waals surface area (Å²) in [5.74, 6) is -0.619. The highest BCUT2D eigenvalue weighted by Gasteiger charge is 2.47. The van der Waals surface area contributed by atoms with Crippen molar-refractivity contribution in [2.45, 2.75) is 19.5 Å². The van der Waals surface area contributed by atoms with E-state index in [1.807, 2.05) is 35.9 Å². The molecule has 0 spiro atoms. The third-order valence-electron chi connectivity index (χ3n) is 5.25. The van der Waals surface area contributed by atoms with Gasteiger partial charge in [-0.2, -0.15) is 0 Å². The van der Waals surface area contributed by atoms with E-state index in [0.29, 0.717) is 23.6 Å². The monoisotopic (exact) mass is 455 g/mol. The van der Waals surface area contributed by atoms with E-state index in [9.17, 15) is 14.7 Å². The Bertz CT molecular complexity index is 1160. The summed E-state index contributed by atoms with van der Waals surface area (Å²) in [6.07, 6.45) is 0. The molecule has 1 aromatic carbocycles. The van der Waals surface area contributed by atoms with Gasteiger partial charge in [-0.05, 0) is 53.6 Å². The Labute approximate surface area is 188 Å². The minimum Gasteiger partial charge on any atom is -0.507 e. The zero-order valence-corrected chi connectivity index (χ0v) is 18.9. The van der Waals surface area contributed by atoms with Gasteiger partial charge < -0.3 is 19.5 Å². The number of methoxy groups -OCH3 is 2. The Kier molecular flexibility index (Phi) is 5.84. The van der Waals surface area contributed by atoms with Crippen LogP contribution in [-0.2, 0) is 16.1 Å². The van der Waals surface area contributed by atoms with Gasteiger partial charge in [0.2, 0.25) is 0 Å². The molecule has 31 heavy (non-hydrogen) atoms. The number of aliphatic hydroxyl groups excluding tert-OH is 1. The van der Waals surface area contributed by atoms with Gasteiger partial charge in [0.25, 0.3) is 11.7 Å². The van der Waals surface area contributed by atoms with Crippen LogP contribution in [0.3, 0.4) is 0 Å². The number of carbonyl (C=O) groups excluding carboxylic acids is 2. The molecule has 6 nitrogen and oxygen atoms in total. The number of aliphatic hydroxyl groups is 1. The van der Waals surface area contributed by atoms with Gasteiger partial charge in [-0.1, -0.05) is 6.07 Å². The summed E-state index contributed by atoms with van der Waals surface area (Å²) >= 11 is 2.99. The van der Waals surface area contributed by atoms with Gasteiger partial charge in [-0.25, -0.2) is 0 Å². The van der Waals surface area contributed by atoms with E-state index in [2.05, 4.69) is 0 Å². The number of carbonyl (C=O) groups is 2. The first kappa shape index (κ1) is 21.1. The zero-order chi connectivity index (χ0) is 22.1. The summed E-state index contributed by atoms with van der Waals surface area (Å²) in [5.41, 5.74) is 1.43. The molecule has 1 aliphatic heterocycles. The van der Waals surface area contributed by atoms with Gasteiger partial charge >= 0.3 is 0 Å². The van der Waals surface area contributed by atoms with E-state index in [4.69, 9.17) is 9.47 Å². The second-order valence-electron chi connectivity index (χ2n) is 7.04. The predicted molar refractivity (Wildman–Crippen MR) is 121 cm³/mol. The van der Waals surface area contributed by atoms with Gasteiger partial charge in [0.15, 0.2) is 11.5 Å². The molecule has 3 aromatic rings. The zero-order valence-electron chi connectivity index (χ0n) is 17.2. The van der Waals surface area contributed by atoms with Crippen molar-refractivity contribution in [2.24, 2.45) is 0 Å². The molecule has 4 rings (SSSR count). The van der Waals surface area contributed by atoms with Crippen molar-refractivity contribution >= 4 is 40.1 Å². The number of Topliss-reactive ketones (excluding diaryl/α,β-unsaturated/α-hetero) is 1. The minimum absolute atomic E-state index is 0.0827. The quantitative estimate of drug-likeness (QED) is 0.330. The van der Waals surface area contributed by atoms with E-state index < -0.39 is 17.7 Å². The molecule has 1 amide bonds. The van der Waals surface area contributed by atoms with Gasteiger partial charge in [-0.3, -0.25) is 9.59 Å². The number of nitrogens with zero attached hydrogens (tertiary/aromatic N) is 1. The lowest BCUT2D eigenvalue weighted by Crippen LogP contribution is -2.28. The van der Waals surface area contributed by atoms with Crippen molar-refractivity contribution in [1.29, 1.82) is 0 Å². The Morgan fingerprint density at radius 3 is 2.45 bits per heavy atom. The van der Waals surface area contributed by atoms with Gasteiger partial charge in [0.1, 0.15) is 11.8 Å². The first-order valence-electron chi connectivity index (χ1n) is 9.53. The van der Waals surface area contributed by atoms with Gasteiger partial charge in [0.05, 0.1) is 26.3 Å². The first-order valence-corrected chi connectivity index (χ1v) is 11.3. The van der Waals surface area contributed by atoms with Crippen LogP contribution in [0.15, 0.2) is 52.7 Å². The van der Waals surface area contributed by atoms with Crippen LogP contribution in [0.5, 0.6) is 11.5 Å². The van der Waals surface area contributed by atoms with Crippen LogP contribution < -0.4 is 9.47 Å². The summed E-state index contributed by atoms with van der Waals surface area (Å²) in [6.45, 7) is 2.24. The Morgan fingerprint density at radius 2 is 1.84 bits per heavy atom. The highest BCUT2D eigenvalue weighted by molar-refractivity contribution is 7.10. The summed E-state index contributed by atoms with van der Waals surface area (Å²) < 4.78 is 10.6. The lowest BCUT2D eigenvalue weighted by molar-refractivity contribution is -0.140. The fraction of sp³-hybridized carbons (Fsp3) is 0.217. The molecule has 1 aliphatic rings. The van der Waals surface area contributed by atoms with Crippen molar-refractivity contribution in [1.82, 2.24) is 4.90 Å². The molecule has 1 atom stereocenters. The SMILES string of the molecule is COc1ccc(/C(O)=C2/C(=O)C(=O)N(Cc3cccs3)C2c2sccc2C)cc1OC. The van der Waals surface area contributed by atoms with E-state index >= 15 is 0 Å². The lowest BCUT2D eigenvalue weighted by atomic mass is 9.98. The average Bonchev–Trinajstić information content (AvgIpc) is 3.50. The van der Waals surface area contributed by atoms with E-state index in [0.717, 1.165) is 15.3 Å². The molecular weight excluding hydrogens is 434 g/mol. The van der Waals surface area contributed by atoms with Crippen LogP contribution in [0, 0.1) is 6.92 Å². The largest absolute Gasteiger partial charge is 0.507 e. The second-order valence-corrected chi connectivity index (χ2v) is 9.02. The number of thiophene rings is 2. The van der Waals surface area contributed by atoms with Crippen LogP contribution in [0.2, 0.25) is 0 Å². The number of hydrogen-bond acceptors (Lipinski definition) is 7. The Hall–Kier alpha value is -3.10. The molecule has 1 saturated heterocycles. The molecule has 160 valence electrons. The van der Waals surface area contributed by atoms with Crippen molar-refractivity contribution in [3.63, 3.8) is 0 Å². The van der Waals surface area contributed by atoms with Gasteiger partial charge in [-0.15, -0.1) is 22.7 Å². The summed E-state index contributed by atoms with van der Waals surface area (Å²) in [6, 6.07) is 10.0.